The molecule has 2 rings (SSSR count). The van der Waals surface area contributed by atoms with Crippen LogP contribution in [0.15, 0.2) is 28.6 Å². The van der Waals surface area contributed by atoms with Crippen LogP contribution in [0.3, 0.4) is 0 Å². The van der Waals surface area contributed by atoms with Crippen molar-refractivity contribution >= 4 is 11.9 Å². The summed E-state index contributed by atoms with van der Waals surface area (Å²) in [5.74, 6) is 0.655. The molecule has 0 aliphatic carbocycles. The van der Waals surface area contributed by atoms with Gasteiger partial charge in [0, 0.05) is 26.0 Å². The number of nitrogens with zero attached hydrogens (tertiary/aromatic N) is 8. The van der Waals surface area contributed by atoms with E-state index >= 15 is 0 Å². The molecule has 8 nitrogen and oxygen atoms in total. The molecule has 20 heavy (non-hydrogen) atoms. The van der Waals surface area contributed by atoms with Crippen molar-refractivity contribution in [1.29, 1.82) is 0 Å². The summed E-state index contributed by atoms with van der Waals surface area (Å²) >= 11 is 0. The van der Waals surface area contributed by atoms with Gasteiger partial charge in [0.1, 0.15) is 11.4 Å². The van der Waals surface area contributed by atoms with E-state index in [2.05, 4.69) is 47.3 Å². The van der Waals surface area contributed by atoms with Gasteiger partial charge in [-0.05, 0) is 6.42 Å². The van der Waals surface area contributed by atoms with Crippen molar-refractivity contribution in [2.45, 2.75) is 13.3 Å². The zero-order valence-corrected chi connectivity index (χ0v) is 11.3. The van der Waals surface area contributed by atoms with Crippen LogP contribution in [0.5, 0.6) is 0 Å². The van der Waals surface area contributed by atoms with Crippen LogP contribution in [0, 0.1) is 0 Å². The van der Waals surface area contributed by atoms with Crippen LogP contribution in [0.2, 0.25) is 0 Å². The number of aromatic nitrogens is 6. The van der Waals surface area contributed by atoms with Gasteiger partial charge >= 0.3 is 0 Å². The predicted molar refractivity (Wildman–Crippen MR) is 74.8 cm³/mol. The Balaban J connectivity index is 2.19. The minimum absolute atomic E-state index is 0.322. The van der Waals surface area contributed by atoms with Crippen LogP contribution >= 0.6 is 0 Å². The molecule has 8 heteroatoms. The van der Waals surface area contributed by atoms with Crippen LogP contribution in [-0.2, 0) is 0 Å². The highest BCUT2D eigenvalue weighted by atomic mass is 15.3. The Hall–Kier alpha value is -2.64. The lowest BCUT2D eigenvalue weighted by molar-refractivity contribution is 0.845. The van der Waals surface area contributed by atoms with Gasteiger partial charge in [-0.2, -0.15) is 0 Å². The maximum absolute atomic E-state index is 4.20. The Morgan fingerprint density at radius 3 is 2.60 bits per heavy atom. The van der Waals surface area contributed by atoms with Crippen LogP contribution < -0.4 is 0 Å². The average molecular weight is 270 g/mol. The normalized spacial score (nSPS) is 12.0. The molecule has 0 radical (unpaired) electrons. The molecular formula is C12H14N8. The summed E-state index contributed by atoms with van der Waals surface area (Å²) in [5.41, 5.74) is 1.07. The molecule has 0 unspecified atom stereocenters. The third kappa shape index (κ3) is 3.44. The molecule has 102 valence electrons. The smallest absolute Gasteiger partial charge is 0.223 e. The van der Waals surface area contributed by atoms with E-state index in [1.807, 2.05) is 0 Å². The summed E-state index contributed by atoms with van der Waals surface area (Å²) in [4.78, 5) is 16.3. The number of rotatable bonds is 5. The molecule has 2 aromatic rings. The second kappa shape index (κ2) is 7.07. The molecule has 0 spiro atoms. The fraction of sp³-hybridized carbons (Fsp3) is 0.333. The highest BCUT2D eigenvalue weighted by Gasteiger charge is 2.08. The molecule has 0 amide bonds. The van der Waals surface area contributed by atoms with Crippen LogP contribution in [0.1, 0.15) is 19.2 Å². The Bertz CT molecular complexity index is 591. The zero-order valence-electron chi connectivity index (χ0n) is 11.3. The first kappa shape index (κ1) is 13.8. The van der Waals surface area contributed by atoms with Crippen molar-refractivity contribution in [3.8, 4) is 11.5 Å². The zero-order chi connectivity index (χ0) is 14.2. The van der Waals surface area contributed by atoms with E-state index in [1.165, 1.54) is 0 Å². The maximum atomic E-state index is 4.20. The van der Waals surface area contributed by atoms with E-state index < -0.39 is 0 Å². The second-order valence-electron chi connectivity index (χ2n) is 3.78. The lowest BCUT2D eigenvalue weighted by Gasteiger charge is -1.99. The third-order valence-electron chi connectivity index (χ3n) is 2.31. The minimum Gasteiger partial charge on any atom is -0.291 e. The van der Waals surface area contributed by atoms with Gasteiger partial charge in [0.05, 0.1) is 12.4 Å². The van der Waals surface area contributed by atoms with E-state index in [-0.39, 0.29) is 0 Å². The Kier molecular flexibility index (Phi) is 4.87. The second-order valence-corrected chi connectivity index (χ2v) is 3.78. The molecule has 0 saturated heterocycles. The SMILES string of the molecule is CCCN=CC(=NC)c1nnc(-c2cnccn2)nn1. The molecule has 0 aliphatic rings. The lowest BCUT2D eigenvalue weighted by atomic mass is 10.4. The maximum Gasteiger partial charge on any atom is 0.223 e. The number of aliphatic imine (C=N–C) groups is 2. The molecule has 2 aromatic heterocycles. The molecule has 0 bridgehead atoms. The van der Waals surface area contributed by atoms with Crippen molar-refractivity contribution in [1.82, 2.24) is 30.4 Å². The summed E-state index contributed by atoms with van der Waals surface area (Å²) in [5, 5.41) is 15.9. The van der Waals surface area contributed by atoms with E-state index in [1.54, 1.807) is 31.9 Å². The predicted octanol–water partition coefficient (Wildman–Crippen LogP) is 0.623. The first-order chi connectivity index (χ1) is 9.85. The van der Waals surface area contributed by atoms with E-state index in [4.69, 9.17) is 0 Å². The quantitative estimate of drug-likeness (QED) is 0.738. The van der Waals surface area contributed by atoms with Gasteiger partial charge in [0.15, 0.2) is 0 Å². The Labute approximate surface area is 116 Å². The summed E-state index contributed by atoms with van der Waals surface area (Å²) in [6.07, 6.45) is 7.28. The standard InChI is InChI=1S/C12H14N8/c1-3-4-14-7-9(13-2)11-17-19-12(20-18-11)10-8-15-5-6-16-10/h5-8H,3-4H2,1-2H3. The van der Waals surface area contributed by atoms with E-state index in [9.17, 15) is 0 Å². The first-order valence-electron chi connectivity index (χ1n) is 6.16. The van der Waals surface area contributed by atoms with Gasteiger partial charge in [0.25, 0.3) is 0 Å². The molecule has 0 atom stereocenters. The lowest BCUT2D eigenvalue weighted by Crippen LogP contribution is -2.12. The molecular weight excluding hydrogens is 256 g/mol. The average Bonchev–Trinajstić information content (AvgIpc) is 2.53. The number of hydrogen-bond acceptors (Lipinski definition) is 8. The van der Waals surface area contributed by atoms with Crippen LogP contribution in [-0.4, -0.2) is 55.9 Å². The summed E-state index contributed by atoms with van der Waals surface area (Å²) in [6.45, 7) is 2.78. The molecule has 2 heterocycles. The van der Waals surface area contributed by atoms with Gasteiger partial charge in [-0.3, -0.25) is 15.0 Å². The number of hydrogen-bond donors (Lipinski definition) is 0. The highest BCUT2D eigenvalue weighted by Crippen LogP contribution is 2.05. The van der Waals surface area contributed by atoms with Gasteiger partial charge in [-0.1, -0.05) is 6.92 Å². The molecule has 0 saturated carbocycles. The van der Waals surface area contributed by atoms with Gasteiger partial charge in [0.2, 0.25) is 11.6 Å². The molecule has 0 aromatic carbocycles. The summed E-state index contributed by atoms with van der Waals surface area (Å²) in [7, 11) is 1.65. The van der Waals surface area contributed by atoms with Crippen molar-refractivity contribution in [3.63, 3.8) is 0 Å². The van der Waals surface area contributed by atoms with E-state index in [0.29, 0.717) is 23.1 Å². The van der Waals surface area contributed by atoms with Crippen molar-refractivity contribution in [2.24, 2.45) is 9.98 Å². The first-order valence-corrected chi connectivity index (χ1v) is 6.16. The molecule has 0 fully saturated rings. The fourth-order valence-corrected chi connectivity index (χ4v) is 1.34. The van der Waals surface area contributed by atoms with Gasteiger partial charge < -0.3 is 0 Å². The summed E-state index contributed by atoms with van der Waals surface area (Å²) in [6, 6.07) is 0. The van der Waals surface area contributed by atoms with Crippen molar-refractivity contribution < 1.29 is 0 Å². The van der Waals surface area contributed by atoms with Gasteiger partial charge in [-0.15, -0.1) is 20.4 Å². The van der Waals surface area contributed by atoms with E-state index in [0.717, 1.165) is 13.0 Å². The highest BCUT2D eigenvalue weighted by molar-refractivity contribution is 6.36. The fourth-order valence-electron chi connectivity index (χ4n) is 1.34. The summed E-state index contributed by atoms with van der Waals surface area (Å²) < 4.78 is 0. The molecule has 0 aliphatic heterocycles. The van der Waals surface area contributed by atoms with Crippen LogP contribution in [0.25, 0.3) is 11.5 Å². The molecule has 0 N–H and O–H groups in total. The topological polar surface area (TPSA) is 102 Å². The van der Waals surface area contributed by atoms with Gasteiger partial charge in [-0.25, -0.2) is 4.98 Å². The van der Waals surface area contributed by atoms with Crippen LogP contribution in [0.4, 0.5) is 0 Å². The minimum atomic E-state index is 0.322. The Morgan fingerprint density at radius 1 is 1.20 bits per heavy atom. The van der Waals surface area contributed by atoms with Crippen molar-refractivity contribution in [3.05, 3.63) is 24.4 Å². The Morgan fingerprint density at radius 2 is 2.00 bits per heavy atom. The monoisotopic (exact) mass is 270 g/mol. The third-order valence-corrected chi connectivity index (χ3v) is 2.31. The van der Waals surface area contributed by atoms with Crippen molar-refractivity contribution in [2.75, 3.05) is 13.6 Å². The largest absolute Gasteiger partial charge is 0.291 e.